The molecular formula is C12H16N4O3S. The number of thiocarbonyl (C=S) groups is 1. The lowest BCUT2D eigenvalue weighted by Crippen LogP contribution is -2.28. The van der Waals surface area contributed by atoms with Crippen LogP contribution >= 0.6 is 12.2 Å². The molecule has 0 radical (unpaired) electrons. The van der Waals surface area contributed by atoms with Gasteiger partial charge in [0.15, 0.2) is 10.9 Å². The van der Waals surface area contributed by atoms with Crippen LogP contribution in [-0.4, -0.2) is 29.9 Å². The summed E-state index contributed by atoms with van der Waals surface area (Å²) in [6.07, 6.45) is 2.23. The van der Waals surface area contributed by atoms with Crippen LogP contribution in [0.4, 0.5) is 5.69 Å². The van der Waals surface area contributed by atoms with Crippen molar-refractivity contribution in [2.75, 3.05) is 13.7 Å². The first kappa shape index (κ1) is 15.8. The number of ether oxygens (including phenoxy) is 1. The molecule has 1 aromatic rings. The summed E-state index contributed by atoms with van der Waals surface area (Å²) in [5.41, 5.74) is 3.06. The van der Waals surface area contributed by atoms with E-state index in [2.05, 4.69) is 15.8 Å². The van der Waals surface area contributed by atoms with Gasteiger partial charge in [0.05, 0.1) is 17.7 Å². The van der Waals surface area contributed by atoms with Gasteiger partial charge in [0, 0.05) is 18.7 Å². The first-order valence-corrected chi connectivity index (χ1v) is 6.41. The molecular weight excluding hydrogens is 280 g/mol. The topological polar surface area (TPSA) is 88.8 Å². The molecule has 8 heteroatoms. The molecule has 108 valence electrons. The Kier molecular flexibility index (Phi) is 6.38. The first-order chi connectivity index (χ1) is 9.58. The van der Waals surface area contributed by atoms with Crippen LogP contribution < -0.4 is 15.5 Å². The molecule has 1 aromatic carbocycles. The third-order valence-corrected chi connectivity index (χ3v) is 2.54. The maximum atomic E-state index is 11.0. The van der Waals surface area contributed by atoms with E-state index in [0.29, 0.717) is 17.3 Å². The van der Waals surface area contributed by atoms with Gasteiger partial charge in [-0.3, -0.25) is 15.5 Å². The third-order valence-electron chi connectivity index (χ3n) is 2.25. The van der Waals surface area contributed by atoms with E-state index in [0.717, 1.165) is 6.42 Å². The van der Waals surface area contributed by atoms with E-state index in [1.807, 2.05) is 6.92 Å². The SMILES string of the molecule is CCCOc1ccc(/C=N/NC(=S)NC)cc1[N+](=O)[O-]. The number of hydrogen-bond acceptors (Lipinski definition) is 5. The Balaban J connectivity index is 2.87. The fourth-order valence-electron chi connectivity index (χ4n) is 1.31. The lowest BCUT2D eigenvalue weighted by Gasteiger charge is -2.05. The van der Waals surface area contributed by atoms with E-state index in [1.165, 1.54) is 12.3 Å². The first-order valence-electron chi connectivity index (χ1n) is 6.00. The predicted molar refractivity (Wildman–Crippen MR) is 81.3 cm³/mol. The largest absolute Gasteiger partial charge is 0.487 e. The number of hydrazone groups is 1. The van der Waals surface area contributed by atoms with Crippen LogP contribution in [0.2, 0.25) is 0 Å². The second-order valence-corrected chi connectivity index (χ2v) is 4.19. The summed E-state index contributed by atoms with van der Waals surface area (Å²) in [6, 6.07) is 4.65. The molecule has 0 saturated heterocycles. The van der Waals surface area contributed by atoms with Gasteiger partial charge in [-0.25, -0.2) is 0 Å². The summed E-state index contributed by atoms with van der Waals surface area (Å²) in [6.45, 7) is 2.37. The van der Waals surface area contributed by atoms with Gasteiger partial charge >= 0.3 is 5.69 Å². The van der Waals surface area contributed by atoms with Gasteiger partial charge in [-0.2, -0.15) is 5.10 Å². The van der Waals surface area contributed by atoms with Crippen LogP contribution in [0.5, 0.6) is 5.75 Å². The van der Waals surface area contributed by atoms with Gasteiger partial charge in [0.1, 0.15) is 0 Å². The van der Waals surface area contributed by atoms with Gasteiger partial charge in [-0.1, -0.05) is 6.92 Å². The van der Waals surface area contributed by atoms with Crippen molar-refractivity contribution in [3.05, 3.63) is 33.9 Å². The minimum atomic E-state index is -0.478. The molecule has 2 N–H and O–H groups in total. The Bertz CT molecular complexity index is 519. The van der Waals surface area contributed by atoms with Crippen molar-refractivity contribution in [3.8, 4) is 5.75 Å². The van der Waals surface area contributed by atoms with Crippen molar-refractivity contribution in [3.63, 3.8) is 0 Å². The van der Waals surface area contributed by atoms with Crippen molar-refractivity contribution in [1.82, 2.24) is 10.7 Å². The average Bonchev–Trinajstić information content (AvgIpc) is 2.45. The van der Waals surface area contributed by atoms with Crippen molar-refractivity contribution < 1.29 is 9.66 Å². The van der Waals surface area contributed by atoms with Crippen LogP contribution in [0, 0.1) is 10.1 Å². The predicted octanol–water partition coefficient (Wildman–Crippen LogP) is 1.81. The highest BCUT2D eigenvalue weighted by molar-refractivity contribution is 7.80. The number of nitrogens with one attached hydrogen (secondary N) is 2. The molecule has 0 bridgehead atoms. The monoisotopic (exact) mass is 296 g/mol. The lowest BCUT2D eigenvalue weighted by atomic mass is 10.2. The number of benzene rings is 1. The minimum absolute atomic E-state index is 0.0846. The van der Waals surface area contributed by atoms with Crippen molar-refractivity contribution >= 4 is 29.2 Å². The molecule has 0 unspecified atom stereocenters. The number of nitro benzene ring substituents is 1. The van der Waals surface area contributed by atoms with Gasteiger partial charge in [0.25, 0.3) is 0 Å². The highest BCUT2D eigenvalue weighted by Crippen LogP contribution is 2.27. The van der Waals surface area contributed by atoms with Gasteiger partial charge in [-0.15, -0.1) is 0 Å². The fourth-order valence-corrected chi connectivity index (χ4v) is 1.37. The van der Waals surface area contributed by atoms with Gasteiger partial charge in [-0.05, 0) is 30.8 Å². The Hall–Kier alpha value is -2.22. The minimum Gasteiger partial charge on any atom is -0.487 e. The molecule has 0 fully saturated rings. The molecule has 0 heterocycles. The fraction of sp³-hybridized carbons (Fsp3) is 0.333. The lowest BCUT2D eigenvalue weighted by molar-refractivity contribution is -0.385. The Morgan fingerprint density at radius 2 is 2.35 bits per heavy atom. The van der Waals surface area contributed by atoms with Crippen LogP contribution in [0.25, 0.3) is 0 Å². The average molecular weight is 296 g/mol. The standard InChI is InChI=1S/C12H16N4O3S/c1-3-6-19-11-5-4-9(7-10(11)16(17)18)8-14-15-12(20)13-2/h4-5,7-8H,3,6H2,1-2H3,(H2,13,15,20)/b14-8+. The second kappa shape index (κ2) is 8.05. The summed E-state index contributed by atoms with van der Waals surface area (Å²) >= 11 is 4.84. The van der Waals surface area contributed by atoms with Crippen molar-refractivity contribution in [1.29, 1.82) is 0 Å². The van der Waals surface area contributed by atoms with Gasteiger partial charge < -0.3 is 10.1 Å². The molecule has 0 amide bonds. The summed E-state index contributed by atoms with van der Waals surface area (Å²) < 4.78 is 5.33. The van der Waals surface area contributed by atoms with Crippen LogP contribution in [0.15, 0.2) is 23.3 Å². The maximum absolute atomic E-state index is 11.0. The van der Waals surface area contributed by atoms with E-state index in [4.69, 9.17) is 17.0 Å². The summed E-state index contributed by atoms with van der Waals surface area (Å²) in [5, 5.41) is 17.9. The summed E-state index contributed by atoms with van der Waals surface area (Å²) in [5.74, 6) is 0.257. The Morgan fingerprint density at radius 1 is 1.60 bits per heavy atom. The van der Waals surface area contributed by atoms with E-state index >= 15 is 0 Å². The molecule has 0 aliphatic carbocycles. The van der Waals surface area contributed by atoms with Crippen LogP contribution in [0.3, 0.4) is 0 Å². The van der Waals surface area contributed by atoms with Crippen LogP contribution in [0.1, 0.15) is 18.9 Å². The molecule has 0 aliphatic heterocycles. The molecule has 7 nitrogen and oxygen atoms in total. The molecule has 0 aromatic heterocycles. The Labute approximate surface area is 122 Å². The molecule has 0 saturated carbocycles. The zero-order valence-electron chi connectivity index (χ0n) is 11.3. The smallest absolute Gasteiger partial charge is 0.311 e. The quantitative estimate of drug-likeness (QED) is 0.360. The zero-order valence-corrected chi connectivity index (χ0v) is 12.1. The number of rotatable bonds is 6. The second-order valence-electron chi connectivity index (χ2n) is 3.78. The van der Waals surface area contributed by atoms with E-state index in [1.54, 1.807) is 19.2 Å². The molecule has 0 aliphatic rings. The normalized spacial score (nSPS) is 10.3. The van der Waals surface area contributed by atoms with Crippen molar-refractivity contribution in [2.45, 2.75) is 13.3 Å². The summed E-state index contributed by atoms with van der Waals surface area (Å²) in [7, 11) is 1.66. The maximum Gasteiger partial charge on any atom is 0.311 e. The number of hydrogen-bond donors (Lipinski definition) is 2. The molecule has 1 rings (SSSR count). The zero-order chi connectivity index (χ0) is 15.0. The molecule has 0 spiro atoms. The molecule has 0 atom stereocenters. The summed E-state index contributed by atoms with van der Waals surface area (Å²) in [4.78, 5) is 10.5. The molecule has 20 heavy (non-hydrogen) atoms. The van der Waals surface area contributed by atoms with Crippen LogP contribution in [-0.2, 0) is 0 Å². The number of nitrogens with zero attached hydrogens (tertiary/aromatic N) is 2. The van der Waals surface area contributed by atoms with Crippen molar-refractivity contribution in [2.24, 2.45) is 5.10 Å². The number of nitro groups is 1. The highest BCUT2D eigenvalue weighted by atomic mass is 32.1. The van der Waals surface area contributed by atoms with E-state index < -0.39 is 4.92 Å². The third kappa shape index (κ3) is 4.81. The van der Waals surface area contributed by atoms with E-state index in [9.17, 15) is 10.1 Å². The Morgan fingerprint density at radius 3 is 2.95 bits per heavy atom. The van der Waals surface area contributed by atoms with E-state index in [-0.39, 0.29) is 11.4 Å². The highest BCUT2D eigenvalue weighted by Gasteiger charge is 2.15. The van der Waals surface area contributed by atoms with Gasteiger partial charge in [0.2, 0.25) is 0 Å².